The summed E-state index contributed by atoms with van der Waals surface area (Å²) in [5, 5.41) is 149. The lowest BCUT2D eigenvalue weighted by molar-refractivity contribution is -0.399. The third-order valence-electron chi connectivity index (χ3n) is 21.4. The second kappa shape index (κ2) is 21.8. The van der Waals surface area contributed by atoms with E-state index in [0.29, 0.717) is 32.1 Å². The van der Waals surface area contributed by atoms with Gasteiger partial charge in [-0.15, -0.1) is 0 Å². The zero-order valence-corrected chi connectivity index (χ0v) is 45.3. The fourth-order valence-corrected chi connectivity index (χ4v) is 16.5. The smallest absolute Gasteiger partial charge is 0.315 e. The van der Waals surface area contributed by atoms with Crippen molar-refractivity contribution in [1.82, 2.24) is 0 Å². The molecular formula is C54H88O23. The van der Waals surface area contributed by atoms with Gasteiger partial charge in [0.15, 0.2) is 18.9 Å². The van der Waals surface area contributed by atoms with Crippen LogP contribution >= 0.6 is 0 Å². The first kappa shape index (κ1) is 60.0. The summed E-state index contributed by atoms with van der Waals surface area (Å²) in [6.07, 6.45) is -25.0. The third kappa shape index (κ3) is 9.80. The van der Waals surface area contributed by atoms with E-state index in [0.717, 1.165) is 32.1 Å². The molecule has 442 valence electrons. The topological polar surface area (TPSA) is 374 Å². The first-order valence-corrected chi connectivity index (χ1v) is 27.8. The van der Waals surface area contributed by atoms with E-state index in [4.69, 9.17) is 37.9 Å². The van der Waals surface area contributed by atoms with E-state index in [1.165, 1.54) is 5.57 Å². The Morgan fingerprint density at radius 2 is 1.00 bits per heavy atom. The van der Waals surface area contributed by atoms with E-state index in [-0.39, 0.29) is 39.4 Å². The van der Waals surface area contributed by atoms with Crippen molar-refractivity contribution >= 4 is 5.97 Å². The molecule has 4 saturated carbocycles. The summed E-state index contributed by atoms with van der Waals surface area (Å²) in [4.78, 5) is 14.8. The number of carbonyl (C=O) groups excluding carboxylic acids is 1. The molecule has 0 aromatic heterocycles. The summed E-state index contributed by atoms with van der Waals surface area (Å²) < 4.78 is 48.9. The molecule has 24 unspecified atom stereocenters. The van der Waals surface area contributed by atoms with Gasteiger partial charge in [-0.25, -0.2) is 0 Å². The first-order chi connectivity index (χ1) is 36.1. The van der Waals surface area contributed by atoms with Gasteiger partial charge < -0.3 is 109 Å². The van der Waals surface area contributed by atoms with E-state index >= 15 is 0 Å². The Hall–Kier alpha value is -1.63. The van der Waals surface area contributed by atoms with Crippen LogP contribution in [-0.2, 0) is 42.7 Å². The molecule has 0 spiro atoms. The highest BCUT2D eigenvalue weighted by molar-refractivity contribution is 5.79. The molecule has 77 heavy (non-hydrogen) atoms. The molecule has 14 N–H and O–H groups in total. The number of aliphatic hydroxyl groups is 14. The molecule has 28 atom stereocenters. The molecule has 4 saturated heterocycles. The van der Waals surface area contributed by atoms with Crippen molar-refractivity contribution in [2.75, 3.05) is 26.4 Å². The minimum atomic E-state index is -1.94. The standard InChI is InChI=1S/C54H88O23/c1-49(2)14-16-54(48(69)77-46-41(68)38(65)34(61)27(21-57)72-46)17-15-52(6)23(24(54)18-49)8-9-30-51(5)12-11-31(50(3,4)29(51)10-13-53(30,52)7)74-47-43(76-45-40(67)37(64)33(60)26(20-56)71-45)42(35(62)28(22-58)73-47)75-44-39(66)36(63)32(59)25(19-55)70-44/h8,24-47,55-68H,9-22H2,1-7H3/t24?,25?,26?,27?,28?,29?,30?,31?,32?,33?,34?,35?,36?,37?,38?,39?,40?,41?,42?,43?,44?,45?,46?,47?,51-,52+,53+,54-/m0/s1. The van der Waals surface area contributed by atoms with Crippen LogP contribution in [0.15, 0.2) is 11.6 Å². The van der Waals surface area contributed by atoms with Gasteiger partial charge in [0.2, 0.25) is 6.29 Å². The van der Waals surface area contributed by atoms with Crippen LogP contribution in [0.5, 0.6) is 0 Å². The van der Waals surface area contributed by atoms with E-state index in [9.17, 15) is 76.3 Å². The number of esters is 1. The summed E-state index contributed by atoms with van der Waals surface area (Å²) in [5.41, 5.74) is -1.27. The maximum atomic E-state index is 14.8. The number of carbonyl (C=O) groups is 1. The number of fused-ring (bicyclic) bond motifs is 7. The minimum Gasteiger partial charge on any atom is -0.432 e. The predicted octanol–water partition coefficient (Wildman–Crippen LogP) is -2.04. The Morgan fingerprint density at radius 3 is 1.55 bits per heavy atom. The Balaban J connectivity index is 0.995. The van der Waals surface area contributed by atoms with Crippen LogP contribution in [-0.4, -0.2) is 233 Å². The highest BCUT2D eigenvalue weighted by Crippen LogP contribution is 2.76. The van der Waals surface area contributed by atoms with Crippen LogP contribution in [0.1, 0.15) is 113 Å². The number of hydrogen-bond acceptors (Lipinski definition) is 23. The largest absolute Gasteiger partial charge is 0.432 e. The maximum Gasteiger partial charge on any atom is 0.315 e. The molecule has 5 aliphatic carbocycles. The summed E-state index contributed by atoms with van der Waals surface area (Å²) in [6, 6.07) is 0. The SMILES string of the molecule is CC1(C)CC[C@]2(C(=O)OC3OC(CO)C(O)C(O)C3O)CC[C@]3(C)C(=CCC4[C@@]5(C)CCC(OC6OC(CO)C(O)C(OC7OC(CO)C(O)C(O)C7O)C6OC6OC(CO)C(O)C(O)C6O)C(C)(C)C5CC[C@]43C)C2C1. The van der Waals surface area contributed by atoms with E-state index in [2.05, 4.69) is 54.5 Å². The molecule has 0 amide bonds. The normalized spacial score (nSPS) is 53.4. The fourth-order valence-electron chi connectivity index (χ4n) is 16.5. The summed E-state index contributed by atoms with van der Waals surface area (Å²) in [5.74, 6) is -0.507. The number of hydrogen-bond donors (Lipinski definition) is 14. The van der Waals surface area contributed by atoms with E-state index in [1.807, 2.05) is 0 Å². The van der Waals surface area contributed by atoms with Gasteiger partial charge in [0, 0.05) is 0 Å². The summed E-state index contributed by atoms with van der Waals surface area (Å²) in [7, 11) is 0. The molecule has 9 rings (SSSR count). The monoisotopic (exact) mass is 1100 g/mol. The Labute approximate surface area is 449 Å². The van der Waals surface area contributed by atoms with Gasteiger partial charge in [0.25, 0.3) is 0 Å². The van der Waals surface area contributed by atoms with E-state index in [1.54, 1.807) is 0 Å². The van der Waals surface area contributed by atoms with E-state index < -0.39 is 172 Å². The van der Waals surface area contributed by atoms with Crippen molar-refractivity contribution in [2.24, 2.45) is 50.2 Å². The second-order valence-electron chi connectivity index (χ2n) is 26.3. The average Bonchev–Trinajstić information content (AvgIpc) is 3.55. The Bertz CT molecular complexity index is 2110. The van der Waals surface area contributed by atoms with Crippen molar-refractivity contribution in [3.63, 3.8) is 0 Å². The lowest BCUT2D eigenvalue weighted by Crippen LogP contribution is -2.68. The van der Waals surface area contributed by atoms with Gasteiger partial charge in [0.1, 0.15) is 97.7 Å². The molecule has 9 aliphatic rings. The van der Waals surface area contributed by atoms with Gasteiger partial charge in [-0.05, 0) is 109 Å². The molecule has 8 fully saturated rings. The average molecular weight is 1110 g/mol. The van der Waals surface area contributed by atoms with Crippen LogP contribution in [0.2, 0.25) is 0 Å². The Kier molecular flexibility index (Phi) is 17.0. The van der Waals surface area contributed by atoms with Crippen LogP contribution in [0.4, 0.5) is 0 Å². The van der Waals surface area contributed by atoms with Gasteiger partial charge in [0.05, 0.1) is 37.9 Å². The third-order valence-corrected chi connectivity index (χ3v) is 21.4. The number of aliphatic hydroxyl groups excluding tert-OH is 14. The zero-order valence-electron chi connectivity index (χ0n) is 45.3. The molecule has 0 aromatic rings. The van der Waals surface area contributed by atoms with Crippen LogP contribution in [0.25, 0.3) is 0 Å². The van der Waals surface area contributed by atoms with Crippen molar-refractivity contribution in [3.05, 3.63) is 11.6 Å². The molecule has 0 aromatic carbocycles. The van der Waals surface area contributed by atoms with Crippen molar-refractivity contribution in [1.29, 1.82) is 0 Å². The van der Waals surface area contributed by atoms with Crippen LogP contribution in [0, 0.1) is 50.2 Å². The van der Waals surface area contributed by atoms with Crippen LogP contribution < -0.4 is 0 Å². The molecular weight excluding hydrogens is 1020 g/mol. The molecule has 23 heteroatoms. The quantitative estimate of drug-likeness (QED) is 0.0569. The van der Waals surface area contributed by atoms with Gasteiger partial charge >= 0.3 is 5.97 Å². The highest BCUT2D eigenvalue weighted by Gasteiger charge is 2.70. The Morgan fingerprint density at radius 1 is 0.519 bits per heavy atom. The van der Waals surface area contributed by atoms with Gasteiger partial charge in [-0.2, -0.15) is 0 Å². The van der Waals surface area contributed by atoms with Gasteiger partial charge in [-0.3, -0.25) is 4.79 Å². The van der Waals surface area contributed by atoms with Crippen molar-refractivity contribution in [3.8, 4) is 0 Å². The lowest BCUT2D eigenvalue weighted by Gasteiger charge is -2.71. The first-order valence-electron chi connectivity index (χ1n) is 27.8. The van der Waals surface area contributed by atoms with Crippen molar-refractivity contribution < 1.29 is 114 Å². The van der Waals surface area contributed by atoms with Gasteiger partial charge in [-0.1, -0.05) is 60.1 Å². The minimum absolute atomic E-state index is 0.0454. The lowest BCUT2D eigenvalue weighted by atomic mass is 9.33. The van der Waals surface area contributed by atoms with Crippen LogP contribution in [0.3, 0.4) is 0 Å². The van der Waals surface area contributed by atoms with Crippen molar-refractivity contribution in [2.45, 2.75) is 242 Å². The molecule has 4 heterocycles. The maximum absolute atomic E-state index is 14.8. The molecule has 0 bridgehead atoms. The highest BCUT2D eigenvalue weighted by atomic mass is 16.8. The molecule has 0 radical (unpaired) electrons. The fraction of sp³-hybridized carbons (Fsp3) is 0.944. The molecule has 23 nitrogen and oxygen atoms in total. The second-order valence-corrected chi connectivity index (χ2v) is 26.3. The number of rotatable bonds is 12. The molecule has 4 aliphatic heterocycles. The number of ether oxygens (including phenoxy) is 8. The summed E-state index contributed by atoms with van der Waals surface area (Å²) >= 11 is 0. The summed E-state index contributed by atoms with van der Waals surface area (Å²) in [6.45, 7) is 12.8. The number of allylic oxidation sites excluding steroid dienone is 2. The predicted molar refractivity (Wildman–Crippen MR) is 263 cm³/mol. The zero-order chi connectivity index (χ0) is 56.3.